The van der Waals surface area contributed by atoms with Crippen molar-refractivity contribution in [2.45, 2.75) is 25.7 Å². The van der Waals surface area contributed by atoms with Crippen LogP contribution in [0.5, 0.6) is 0 Å². The summed E-state index contributed by atoms with van der Waals surface area (Å²) in [4.78, 5) is 0. The lowest BCUT2D eigenvalue weighted by Gasteiger charge is -2.08. The van der Waals surface area contributed by atoms with E-state index in [0.29, 0.717) is 5.92 Å². The molecule has 0 aromatic rings. The topological polar surface area (TPSA) is 40.5 Å². The van der Waals surface area contributed by atoms with Gasteiger partial charge in [-0.25, -0.2) is 0 Å². The highest BCUT2D eigenvalue weighted by Gasteiger charge is 2.00. The van der Waals surface area contributed by atoms with Crippen molar-refractivity contribution >= 4 is 0 Å². The average molecular weight is 210 g/mol. The molecule has 0 fully saturated rings. The summed E-state index contributed by atoms with van der Waals surface area (Å²) in [6, 6.07) is 0. The zero-order chi connectivity index (χ0) is 11.4. The molecule has 0 rings (SSSR count). The van der Waals surface area contributed by atoms with Crippen molar-refractivity contribution in [3.8, 4) is 0 Å². The summed E-state index contributed by atoms with van der Waals surface area (Å²) in [7, 11) is 0. The summed E-state index contributed by atoms with van der Waals surface area (Å²) in [5.74, 6) is 0.496. The number of allylic oxidation sites excluding steroid dienone is 3. The van der Waals surface area contributed by atoms with Gasteiger partial charge < -0.3 is 10.2 Å². The molecular weight excluding hydrogens is 188 g/mol. The first kappa shape index (κ1) is 14.1. The van der Waals surface area contributed by atoms with Crippen LogP contribution >= 0.6 is 0 Å². The summed E-state index contributed by atoms with van der Waals surface area (Å²) in [6.07, 6.45) is 13.7. The van der Waals surface area contributed by atoms with Crippen molar-refractivity contribution in [3.05, 3.63) is 37.0 Å². The van der Waals surface area contributed by atoms with Gasteiger partial charge in [0.2, 0.25) is 0 Å². The lowest BCUT2D eigenvalue weighted by Crippen LogP contribution is -1.94. The maximum absolute atomic E-state index is 8.58. The van der Waals surface area contributed by atoms with Gasteiger partial charge in [-0.15, -0.1) is 6.58 Å². The highest BCUT2D eigenvalue weighted by Crippen LogP contribution is 2.14. The molecule has 0 aliphatic heterocycles. The van der Waals surface area contributed by atoms with E-state index in [1.54, 1.807) is 12.2 Å². The second kappa shape index (κ2) is 11.2. The van der Waals surface area contributed by atoms with Gasteiger partial charge in [0.25, 0.3) is 0 Å². The van der Waals surface area contributed by atoms with E-state index in [1.807, 2.05) is 18.2 Å². The van der Waals surface area contributed by atoms with Crippen LogP contribution in [0.1, 0.15) is 25.7 Å². The molecule has 0 saturated carbocycles. The van der Waals surface area contributed by atoms with Crippen molar-refractivity contribution < 1.29 is 10.2 Å². The van der Waals surface area contributed by atoms with Gasteiger partial charge in [0.1, 0.15) is 0 Å². The third-order valence-electron chi connectivity index (χ3n) is 2.26. The Hall–Kier alpha value is -0.860. The van der Waals surface area contributed by atoms with E-state index in [1.165, 1.54) is 0 Å². The fraction of sp³-hybridized carbons (Fsp3) is 0.538. The molecule has 0 aliphatic rings. The Bertz CT molecular complexity index is 195. The number of aliphatic hydroxyl groups excluding tert-OH is 2. The largest absolute Gasteiger partial charge is 0.392 e. The van der Waals surface area contributed by atoms with Crippen LogP contribution in [0.3, 0.4) is 0 Å². The normalized spacial score (nSPS) is 13.7. The lowest BCUT2D eigenvalue weighted by atomic mass is 9.98. The van der Waals surface area contributed by atoms with Crippen LogP contribution < -0.4 is 0 Å². The van der Waals surface area contributed by atoms with E-state index in [-0.39, 0.29) is 13.2 Å². The van der Waals surface area contributed by atoms with Gasteiger partial charge in [0.15, 0.2) is 0 Å². The number of aliphatic hydroxyl groups is 2. The Balaban J connectivity index is 3.56. The van der Waals surface area contributed by atoms with E-state index in [2.05, 4.69) is 6.58 Å². The Morgan fingerprint density at radius 1 is 1.00 bits per heavy atom. The van der Waals surface area contributed by atoms with Crippen LogP contribution in [0.25, 0.3) is 0 Å². The zero-order valence-electron chi connectivity index (χ0n) is 9.31. The quantitative estimate of drug-likeness (QED) is 0.453. The van der Waals surface area contributed by atoms with E-state index in [4.69, 9.17) is 10.2 Å². The van der Waals surface area contributed by atoms with Crippen molar-refractivity contribution in [3.63, 3.8) is 0 Å². The Labute approximate surface area is 92.6 Å². The molecule has 86 valence electrons. The third-order valence-corrected chi connectivity index (χ3v) is 2.26. The Kier molecular flexibility index (Phi) is 10.6. The average Bonchev–Trinajstić information content (AvgIpc) is 2.26. The zero-order valence-corrected chi connectivity index (χ0v) is 9.31. The molecule has 0 amide bonds. The van der Waals surface area contributed by atoms with Crippen molar-refractivity contribution in [1.82, 2.24) is 0 Å². The molecule has 0 saturated heterocycles. The van der Waals surface area contributed by atoms with Gasteiger partial charge in [-0.3, -0.25) is 0 Å². The van der Waals surface area contributed by atoms with Crippen molar-refractivity contribution in [1.29, 1.82) is 0 Å². The van der Waals surface area contributed by atoms with Crippen LogP contribution in [0.4, 0.5) is 0 Å². The maximum atomic E-state index is 8.58. The second-order valence-electron chi connectivity index (χ2n) is 3.47. The fourth-order valence-electron chi connectivity index (χ4n) is 1.37. The minimum absolute atomic E-state index is 0.114. The minimum atomic E-state index is 0.114. The molecular formula is C13H22O2. The number of hydrogen-bond acceptors (Lipinski definition) is 2. The molecule has 1 unspecified atom stereocenters. The summed E-state index contributed by atoms with van der Waals surface area (Å²) in [6.45, 7) is 4.04. The maximum Gasteiger partial charge on any atom is 0.0612 e. The monoisotopic (exact) mass is 210 g/mol. The van der Waals surface area contributed by atoms with E-state index in [0.717, 1.165) is 25.7 Å². The first-order chi connectivity index (χ1) is 7.35. The molecule has 0 aromatic carbocycles. The minimum Gasteiger partial charge on any atom is -0.392 e. The van der Waals surface area contributed by atoms with Crippen LogP contribution in [-0.2, 0) is 0 Å². The molecule has 0 bridgehead atoms. The van der Waals surface area contributed by atoms with E-state index in [9.17, 15) is 0 Å². The van der Waals surface area contributed by atoms with Crippen LogP contribution in [0.2, 0.25) is 0 Å². The van der Waals surface area contributed by atoms with Gasteiger partial charge in [-0.05, 0) is 31.6 Å². The summed E-state index contributed by atoms with van der Waals surface area (Å²) < 4.78 is 0. The summed E-state index contributed by atoms with van der Waals surface area (Å²) in [5.41, 5.74) is 0. The molecule has 0 radical (unpaired) electrons. The highest BCUT2D eigenvalue weighted by atomic mass is 16.3. The SMILES string of the molecule is C=CC(CC=CCO)CCCC=CCO. The first-order valence-corrected chi connectivity index (χ1v) is 5.49. The summed E-state index contributed by atoms with van der Waals surface area (Å²) >= 11 is 0. The summed E-state index contributed by atoms with van der Waals surface area (Å²) in [5, 5.41) is 17.1. The standard InChI is InChI=1S/C13H22O2/c1-2-13(10-6-8-12-15)9-5-3-4-7-11-14/h2,4,6-8,13-15H,1,3,5,9-12H2. The predicted molar refractivity (Wildman–Crippen MR) is 64.6 cm³/mol. The van der Waals surface area contributed by atoms with Gasteiger partial charge in [0, 0.05) is 0 Å². The molecule has 15 heavy (non-hydrogen) atoms. The molecule has 0 spiro atoms. The van der Waals surface area contributed by atoms with Gasteiger partial charge in [-0.1, -0.05) is 30.4 Å². The molecule has 2 heteroatoms. The van der Waals surface area contributed by atoms with E-state index >= 15 is 0 Å². The van der Waals surface area contributed by atoms with Crippen LogP contribution in [0, 0.1) is 5.92 Å². The lowest BCUT2D eigenvalue weighted by molar-refractivity contribution is 0.342. The second-order valence-corrected chi connectivity index (χ2v) is 3.47. The molecule has 2 N–H and O–H groups in total. The number of unbranched alkanes of at least 4 members (excludes halogenated alkanes) is 1. The Morgan fingerprint density at radius 3 is 2.27 bits per heavy atom. The number of hydrogen-bond donors (Lipinski definition) is 2. The fourth-order valence-corrected chi connectivity index (χ4v) is 1.37. The molecule has 0 heterocycles. The smallest absolute Gasteiger partial charge is 0.0612 e. The predicted octanol–water partition coefficient (Wildman–Crippen LogP) is 2.45. The number of rotatable bonds is 9. The molecule has 0 aromatic heterocycles. The van der Waals surface area contributed by atoms with Gasteiger partial charge in [0.05, 0.1) is 13.2 Å². The molecule has 2 nitrogen and oxygen atoms in total. The van der Waals surface area contributed by atoms with Gasteiger partial charge in [-0.2, -0.15) is 0 Å². The van der Waals surface area contributed by atoms with Crippen LogP contribution in [-0.4, -0.2) is 23.4 Å². The first-order valence-electron chi connectivity index (χ1n) is 5.49. The molecule has 1 atom stereocenters. The molecule has 0 aliphatic carbocycles. The van der Waals surface area contributed by atoms with Crippen molar-refractivity contribution in [2.75, 3.05) is 13.2 Å². The van der Waals surface area contributed by atoms with Crippen molar-refractivity contribution in [2.24, 2.45) is 5.92 Å². The highest BCUT2D eigenvalue weighted by molar-refractivity contribution is 4.90. The van der Waals surface area contributed by atoms with Crippen LogP contribution in [0.15, 0.2) is 37.0 Å². The third kappa shape index (κ3) is 9.44. The Morgan fingerprint density at radius 2 is 1.67 bits per heavy atom. The van der Waals surface area contributed by atoms with Gasteiger partial charge >= 0.3 is 0 Å². The van der Waals surface area contributed by atoms with E-state index < -0.39 is 0 Å².